The zero-order valence-electron chi connectivity index (χ0n) is 39.4. The molecule has 3 atom stereocenters. The Kier molecular flexibility index (Phi) is 11.8. The quantitative estimate of drug-likeness (QED) is 0.0689. The van der Waals surface area contributed by atoms with Crippen LogP contribution in [0.15, 0.2) is 83.9 Å². The Morgan fingerprint density at radius 2 is 1.77 bits per heavy atom. The number of amides is 1. The van der Waals surface area contributed by atoms with E-state index in [1.807, 2.05) is 36.1 Å². The molecule has 17 heteroatoms. The van der Waals surface area contributed by atoms with Gasteiger partial charge in [-0.15, -0.1) is 0 Å². The second-order valence-electron chi connectivity index (χ2n) is 20.7. The number of carbonyl (C=O) groups is 1. The molecule has 11 rings (SSSR count). The van der Waals surface area contributed by atoms with Crippen LogP contribution in [0.4, 0.5) is 28.4 Å². The molecule has 0 radical (unpaired) electrons. The maximum absolute atomic E-state index is 14.6. The average Bonchev–Trinajstić information content (AvgIpc) is 4.13. The van der Waals surface area contributed by atoms with Gasteiger partial charge in [0.2, 0.25) is 5.88 Å². The lowest BCUT2D eigenvalue weighted by molar-refractivity contribution is -0.384. The predicted octanol–water partition coefficient (Wildman–Crippen LogP) is 8.39. The Balaban J connectivity index is 0.858. The number of sulfonamides is 1. The van der Waals surface area contributed by atoms with E-state index in [0.29, 0.717) is 73.0 Å². The Morgan fingerprint density at radius 3 is 2.55 bits per heavy atom. The summed E-state index contributed by atoms with van der Waals surface area (Å²) in [5.74, 6) is -0.309. The highest BCUT2D eigenvalue weighted by atomic mass is 32.2. The summed E-state index contributed by atoms with van der Waals surface area (Å²) in [6.07, 6.45) is 12.2. The summed E-state index contributed by atoms with van der Waals surface area (Å²) in [5.41, 5.74) is 5.08. The van der Waals surface area contributed by atoms with E-state index < -0.39 is 43.1 Å². The number of carbonyl (C=O) groups excluding carboxylic acids is 1. The monoisotopic (exact) mass is 958 g/mol. The van der Waals surface area contributed by atoms with Crippen molar-refractivity contribution in [2.75, 3.05) is 54.5 Å². The SMILES string of the molecule is CCc1ccccc1[C@@H]1CCCN1C1CC2(CCN(c3ccc(C(=O)NS(=O)(=O)c4ccc(NCC5CCC(C)(O)CC5)c([N+](=O)[O-])c4)c(N4c5cc6cc[nH]c6nc5O[C@H]5COC[C@@H]54)c3)CC2)C1. The number of nitro benzene ring substituents is 1. The van der Waals surface area contributed by atoms with E-state index in [4.69, 9.17) is 14.5 Å². The first-order valence-electron chi connectivity index (χ1n) is 24.8. The van der Waals surface area contributed by atoms with Gasteiger partial charge < -0.3 is 34.7 Å². The van der Waals surface area contributed by atoms with E-state index in [2.05, 4.69) is 56.0 Å². The minimum Gasteiger partial charge on any atom is -0.468 e. The Morgan fingerprint density at radius 1 is 0.971 bits per heavy atom. The minimum atomic E-state index is -4.61. The molecule has 6 heterocycles. The number of nitro groups is 1. The summed E-state index contributed by atoms with van der Waals surface area (Å²) in [6, 6.07) is 22.8. The number of aryl methyl sites for hydroxylation is 1. The van der Waals surface area contributed by atoms with Crippen molar-refractivity contribution < 1.29 is 32.7 Å². The van der Waals surface area contributed by atoms with E-state index in [-0.39, 0.29) is 23.2 Å². The summed E-state index contributed by atoms with van der Waals surface area (Å²) < 4.78 is 42.9. The lowest BCUT2D eigenvalue weighted by Crippen LogP contribution is -2.55. The van der Waals surface area contributed by atoms with E-state index >= 15 is 0 Å². The fraction of sp³-hybridized carbons (Fsp3) is 0.500. The fourth-order valence-corrected chi connectivity index (χ4v) is 13.4. The van der Waals surface area contributed by atoms with Crippen LogP contribution in [-0.4, -0.2) is 102 Å². The summed E-state index contributed by atoms with van der Waals surface area (Å²) in [6.45, 7) is 7.97. The van der Waals surface area contributed by atoms with Gasteiger partial charge in [-0.1, -0.05) is 31.2 Å². The largest absolute Gasteiger partial charge is 0.468 e. The zero-order chi connectivity index (χ0) is 47.7. The topological polar surface area (TPSA) is 196 Å². The number of aliphatic hydroxyl groups is 1. The smallest absolute Gasteiger partial charge is 0.293 e. The third kappa shape index (κ3) is 8.69. The molecular formula is C52H62N8O8S. The van der Waals surface area contributed by atoms with Gasteiger partial charge >= 0.3 is 0 Å². The molecule has 4 N–H and O–H groups in total. The molecule has 0 bridgehead atoms. The van der Waals surface area contributed by atoms with Crippen LogP contribution in [0.1, 0.15) is 106 Å². The lowest BCUT2D eigenvalue weighted by Gasteiger charge is -2.56. The number of pyridine rings is 1. The molecule has 3 saturated heterocycles. The summed E-state index contributed by atoms with van der Waals surface area (Å²) in [7, 11) is -4.61. The highest BCUT2D eigenvalue weighted by molar-refractivity contribution is 7.90. The number of likely N-dealkylation sites (tertiary alicyclic amines) is 1. The van der Waals surface area contributed by atoms with Crippen LogP contribution in [0.3, 0.4) is 0 Å². The summed E-state index contributed by atoms with van der Waals surface area (Å²) >= 11 is 0. The number of nitrogens with one attached hydrogen (secondary N) is 3. The van der Waals surface area contributed by atoms with Gasteiger partial charge in [0, 0.05) is 55.1 Å². The molecule has 2 aromatic heterocycles. The molecule has 5 aromatic rings. The van der Waals surface area contributed by atoms with Crippen molar-refractivity contribution in [3.8, 4) is 5.88 Å². The molecular weight excluding hydrogens is 897 g/mol. The molecule has 69 heavy (non-hydrogen) atoms. The first-order valence-corrected chi connectivity index (χ1v) is 26.3. The molecule has 1 spiro atoms. The Labute approximate surface area is 403 Å². The van der Waals surface area contributed by atoms with Crippen LogP contribution in [0.2, 0.25) is 0 Å². The van der Waals surface area contributed by atoms with Crippen LogP contribution >= 0.6 is 0 Å². The number of aromatic nitrogens is 2. The second kappa shape index (κ2) is 17.9. The normalized spacial score (nSPS) is 25.8. The van der Waals surface area contributed by atoms with Gasteiger partial charge in [0.15, 0.2) is 0 Å². The first-order chi connectivity index (χ1) is 33.3. The van der Waals surface area contributed by atoms with Gasteiger partial charge in [-0.05, 0) is 149 Å². The highest BCUT2D eigenvalue weighted by Crippen LogP contribution is 2.54. The van der Waals surface area contributed by atoms with Gasteiger partial charge in [-0.2, -0.15) is 4.98 Å². The van der Waals surface area contributed by atoms with Crippen molar-refractivity contribution >= 4 is 55.4 Å². The summed E-state index contributed by atoms with van der Waals surface area (Å²) in [4.78, 5) is 41.1. The standard InChI is InChI=1S/C52H62N8O8S/c1-3-34-7-4-5-8-39(34)42-9-6-22-58(42)37-28-52(29-37)19-23-57(24-20-52)36-10-12-40(43(26-36)59-45-25-35-16-21-53-48(35)55-50(45)68-47-32-67-31-46(47)59)49(61)56-69(65,66)38-11-13-41(44(27-38)60(63)64)54-30-33-14-17-51(2,62)18-15-33/h4-5,7-8,10-13,16,21,25-27,33,37,42,46-47,54,62H,3,6,9,14-15,17-20,22-24,28-32H2,1-2H3,(H,53,55)(H,56,61)/t33?,42-,46-,47-,51?/m0/s1. The number of fused-ring (bicyclic) bond motifs is 3. The molecule has 3 aromatic carbocycles. The van der Waals surface area contributed by atoms with E-state index in [1.54, 1.807) is 12.3 Å². The van der Waals surface area contributed by atoms with Crippen LogP contribution in [-0.2, 0) is 21.2 Å². The Bertz CT molecular complexity index is 2880. The third-order valence-corrected chi connectivity index (χ3v) is 17.7. The summed E-state index contributed by atoms with van der Waals surface area (Å²) in [5, 5.41) is 26.7. The maximum Gasteiger partial charge on any atom is 0.293 e. The molecule has 2 aliphatic carbocycles. The minimum absolute atomic E-state index is 0.106. The van der Waals surface area contributed by atoms with E-state index in [9.17, 15) is 28.4 Å². The van der Waals surface area contributed by atoms with Crippen LogP contribution in [0.5, 0.6) is 5.88 Å². The molecule has 16 nitrogen and oxygen atoms in total. The number of nitrogens with zero attached hydrogens (tertiary/aromatic N) is 5. The van der Waals surface area contributed by atoms with Crippen molar-refractivity contribution in [2.24, 2.45) is 11.3 Å². The van der Waals surface area contributed by atoms with Crippen molar-refractivity contribution in [2.45, 2.75) is 119 Å². The first kappa shape index (κ1) is 45.7. The predicted molar refractivity (Wildman–Crippen MR) is 264 cm³/mol. The van der Waals surface area contributed by atoms with Gasteiger partial charge in [-0.3, -0.25) is 19.8 Å². The van der Waals surface area contributed by atoms with Gasteiger partial charge in [0.25, 0.3) is 21.6 Å². The highest BCUT2D eigenvalue weighted by Gasteiger charge is 2.50. The lowest BCUT2D eigenvalue weighted by atomic mass is 9.59. The van der Waals surface area contributed by atoms with E-state index in [1.165, 1.54) is 48.9 Å². The number of anilines is 4. The van der Waals surface area contributed by atoms with Crippen LogP contribution < -0.4 is 24.6 Å². The van der Waals surface area contributed by atoms with Gasteiger partial charge in [0.1, 0.15) is 23.1 Å². The number of hydrogen-bond acceptors (Lipinski definition) is 13. The molecule has 4 aliphatic heterocycles. The van der Waals surface area contributed by atoms with Gasteiger partial charge in [-0.25, -0.2) is 13.1 Å². The Hall–Kier alpha value is -5.75. The molecule has 364 valence electrons. The number of aromatic amines is 1. The number of benzene rings is 3. The van der Waals surface area contributed by atoms with Gasteiger partial charge in [0.05, 0.1) is 45.9 Å². The van der Waals surface area contributed by atoms with Crippen molar-refractivity contribution in [3.63, 3.8) is 0 Å². The number of ether oxygens (including phenoxy) is 2. The third-order valence-electron chi connectivity index (χ3n) is 16.4. The zero-order valence-corrected chi connectivity index (χ0v) is 40.2. The maximum atomic E-state index is 14.6. The number of hydrogen-bond donors (Lipinski definition) is 4. The van der Waals surface area contributed by atoms with Crippen LogP contribution in [0.25, 0.3) is 11.0 Å². The van der Waals surface area contributed by atoms with E-state index in [0.717, 1.165) is 68.9 Å². The molecule has 2 saturated carbocycles. The molecule has 1 amide bonds. The molecule has 6 aliphatic rings. The molecule has 0 unspecified atom stereocenters. The average molecular weight is 959 g/mol. The van der Waals surface area contributed by atoms with Crippen molar-refractivity contribution in [1.29, 1.82) is 0 Å². The number of rotatable bonds is 12. The van der Waals surface area contributed by atoms with Crippen molar-refractivity contribution in [3.05, 3.63) is 106 Å². The fourth-order valence-electron chi connectivity index (χ4n) is 12.4. The number of piperidine rings is 1. The number of H-pyrrole nitrogens is 1. The molecule has 5 fully saturated rings. The van der Waals surface area contributed by atoms with Crippen molar-refractivity contribution in [1.82, 2.24) is 19.6 Å². The van der Waals surface area contributed by atoms with Crippen LogP contribution in [0, 0.1) is 21.4 Å². The second-order valence-corrected chi connectivity index (χ2v) is 22.4.